The van der Waals surface area contributed by atoms with Gasteiger partial charge < -0.3 is 5.32 Å². The molecule has 1 saturated carbocycles. The number of benzene rings is 1. The number of carbonyl (C=O) groups excluding carboxylic acids is 1. The lowest BCUT2D eigenvalue weighted by molar-refractivity contribution is -0.141. The molecule has 0 spiro atoms. The Hall–Kier alpha value is -2.82. The molecule has 2 aromatic rings. The summed E-state index contributed by atoms with van der Waals surface area (Å²) in [5, 5.41) is 15.0. The van der Waals surface area contributed by atoms with Gasteiger partial charge in [0.2, 0.25) is 0 Å². The van der Waals surface area contributed by atoms with Crippen molar-refractivity contribution < 1.29 is 18.0 Å². The van der Waals surface area contributed by atoms with Gasteiger partial charge in [0.05, 0.1) is 18.2 Å². The Bertz CT molecular complexity index is 814. The number of nitrogens with one attached hydrogen (secondary N) is 1. The summed E-state index contributed by atoms with van der Waals surface area (Å²) in [6, 6.07) is 9.17. The molecule has 0 atom stereocenters. The number of rotatable bonds is 5. The number of hydrogen-bond donors (Lipinski definition) is 1. The van der Waals surface area contributed by atoms with Crippen LogP contribution in [0.5, 0.6) is 0 Å². The van der Waals surface area contributed by atoms with Crippen LogP contribution in [0.1, 0.15) is 46.1 Å². The van der Waals surface area contributed by atoms with E-state index in [1.165, 1.54) is 28.9 Å². The summed E-state index contributed by atoms with van der Waals surface area (Å²) in [5.41, 5.74) is 0.507. The largest absolute Gasteiger partial charge is 0.435 e. The molecular formula is C17H15F3N4O. The van der Waals surface area contributed by atoms with Gasteiger partial charge in [-0.05, 0) is 43.2 Å². The molecule has 0 radical (unpaired) electrons. The van der Waals surface area contributed by atoms with Gasteiger partial charge in [0.25, 0.3) is 5.91 Å². The van der Waals surface area contributed by atoms with Crippen molar-refractivity contribution >= 4 is 5.91 Å². The molecule has 8 heteroatoms. The molecular weight excluding hydrogens is 333 g/mol. The van der Waals surface area contributed by atoms with E-state index >= 15 is 0 Å². The lowest BCUT2D eigenvalue weighted by Gasteiger charge is -2.08. The molecule has 0 saturated heterocycles. The van der Waals surface area contributed by atoms with Crippen LogP contribution in [0.15, 0.2) is 30.3 Å². The molecule has 25 heavy (non-hydrogen) atoms. The number of hydrogen-bond acceptors (Lipinski definition) is 3. The summed E-state index contributed by atoms with van der Waals surface area (Å²) in [6.45, 7) is 0.335. The van der Waals surface area contributed by atoms with Crippen LogP contribution in [0, 0.1) is 11.3 Å². The fraction of sp³-hybridized carbons (Fsp3) is 0.353. The second kappa shape index (κ2) is 6.59. The maximum absolute atomic E-state index is 12.8. The number of carbonyl (C=O) groups is 1. The van der Waals surface area contributed by atoms with Gasteiger partial charge in [-0.3, -0.25) is 9.48 Å². The number of amides is 1. The monoisotopic (exact) mass is 348 g/mol. The first-order valence-electron chi connectivity index (χ1n) is 7.82. The van der Waals surface area contributed by atoms with Gasteiger partial charge in [-0.15, -0.1) is 0 Å². The lowest BCUT2D eigenvalue weighted by Crippen LogP contribution is -2.28. The first-order valence-corrected chi connectivity index (χ1v) is 7.82. The SMILES string of the molecule is N#Cc1ccc(C(=O)NCCn2nc(C(F)(F)F)cc2C2CC2)cc1. The van der Waals surface area contributed by atoms with Gasteiger partial charge in [-0.25, -0.2) is 0 Å². The maximum Gasteiger partial charge on any atom is 0.435 e. The van der Waals surface area contributed by atoms with Crippen LogP contribution in [-0.2, 0) is 12.7 Å². The average molecular weight is 348 g/mol. The molecule has 130 valence electrons. The van der Waals surface area contributed by atoms with Crippen LogP contribution < -0.4 is 5.32 Å². The summed E-state index contributed by atoms with van der Waals surface area (Å²) in [7, 11) is 0. The third kappa shape index (κ3) is 3.99. The van der Waals surface area contributed by atoms with Crippen LogP contribution in [0.2, 0.25) is 0 Å². The predicted molar refractivity (Wildman–Crippen MR) is 82.7 cm³/mol. The third-order valence-corrected chi connectivity index (χ3v) is 3.98. The van der Waals surface area contributed by atoms with Crippen LogP contribution in [0.3, 0.4) is 0 Å². The Morgan fingerprint density at radius 2 is 2.00 bits per heavy atom. The van der Waals surface area contributed by atoms with Gasteiger partial charge in [0.1, 0.15) is 0 Å². The molecule has 0 aliphatic heterocycles. The van der Waals surface area contributed by atoms with E-state index in [-0.39, 0.29) is 24.9 Å². The highest BCUT2D eigenvalue weighted by Crippen LogP contribution is 2.42. The number of nitrogens with zero attached hydrogens (tertiary/aromatic N) is 3. The molecule has 1 aliphatic carbocycles. The van der Waals surface area contributed by atoms with Crippen molar-refractivity contribution in [2.24, 2.45) is 0 Å². The summed E-state index contributed by atoms with van der Waals surface area (Å²) in [5.74, 6) is -0.224. The zero-order chi connectivity index (χ0) is 18.0. The van der Waals surface area contributed by atoms with Crippen LogP contribution in [0.4, 0.5) is 13.2 Å². The van der Waals surface area contributed by atoms with E-state index in [4.69, 9.17) is 5.26 Å². The predicted octanol–water partition coefficient (Wildman–Crippen LogP) is 3.08. The Labute approximate surface area is 142 Å². The molecule has 0 bridgehead atoms. The maximum atomic E-state index is 12.8. The van der Waals surface area contributed by atoms with Gasteiger partial charge >= 0.3 is 6.18 Å². The second-order valence-corrected chi connectivity index (χ2v) is 5.89. The Morgan fingerprint density at radius 3 is 2.56 bits per heavy atom. The Morgan fingerprint density at radius 1 is 1.32 bits per heavy atom. The normalized spacial score (nSPS) is 14.2. The highest BCUT2D eigenvalue weighted by Gasteiger charge is 2.37. The zero-order valence-electron chi connectivity index (χ0n) is 13.2. The van der Waals surface area contributed by atoms with E-state index in [9.17, 15) is 18.0 Å². The van der Waals surface area contributed by atoms with Crippen molar-refractivity contribution in [2.45, 2.75) is 31.5 Å². The zero-order valence-corrected chi connectivity index (χ0v) is 13.2. The molecule has 1 aromatic carbocycles. The second-order valence-electron chi connectivity index (χ2n) is 5.89. The van der Waals surface area contributed by atoms with Gasteiger partial charge in [0.15, 0.2) is 5.69 Å². The third-order valence-electron chi connectivity index (χ3n) is 3.98. The molecule has 1 amide bonds. The number of alkyl halides is 3. The average Bonchev–Trinajstić information content (AvgIpc) is 3.33. The van der Waals surface area contributed by atoms with Crippen LogP contribution in [0.25, 0.3) is 0 Å². The van der Waals surface area contributed by atoms with Crippen molar-refractivity contribution in [1.29, 1.82) is 5.26 Å². The summed E-state index contributed by atoms with van der Waals surface area (Å²) >= 11 is 0. The molecule has 3 rings (SSSR count). The molecule has 5 nitrogen and oxygen atoms in total. The molecule has 1 heterocycles. The molecule has 1 fully saturated rings. The fourth-order valence-corrected chi connectivity index (χ4v) is 2.53. The van der Waals surface area contributed by atoms with Crippen molar-refractivity contribution in [3.8, 4) is 6.07 Å². The smallest absolute Gasteiger partial charge is 0.350 e. The minimum Gasteiger partial charge on any atom is -0.350 e. The standard InChI is InChI=1S/C17H15F3N4O/c18-17(19,20)15-9-14(12-5-6-12)24(23-15)8-7-22-16(25)13-3-1-11(10-21)2-4-13/h1-4,9,12H,5-8H2,(H,22,25). The molecule has 0 unspecified atom stereocenters. The molecule has 1 aliphatic rings. The Balaban J connectivity index is 1.62. The van der Waals surface area contributed by atoms with Gasteiger partial charge in [-0.1, -0.05) is 0 Å². The van der Waals surface area contributed by atoms with E-state index < -0.39 is 11.9 Å². The van der Waals surface area contributed by atoms with E-state index in [2.05, 4.69) is 10.4 Å². The van der Waals surface area contributed by atoms with Crippen molar-refractivity contribution in [3.05, 3.63) is 52.8 Å². The van der Waals surface area contributed by atoms with E-state index in [0.717, 1.165) is 18.9 Å². The molecule has 1 aromatic heterocycles. The van der Waals surface area contributed by atoms with Gasteiger partial charge in [-0.2, -0.15) is 23.5 Å². The lowest BCUT2D eigenvalue weighted by atomic mass is 10.1. The van der Waals surface area contributed by atoms with E-state index in [1.54, 1.807) is 0 Å². The summed E-state index contributed by atoms with van der Waals surface area (Å²) in [6.07, 6.45) is -2.75. The fourth-order valence-electron chi connectivity index (χ4n) is 2.53. The highest BCUT2D eigenvalue weighted by molar-refractivity contribution is 5.94. The minimum absolute atomic E-state index is 0.123. The number of halogens is 3. The number of nitriles is 1. The minimum atomic E-state index is -4.47. The van der Waals surface area contributed by atoms with Gasteiger partial charge in [0, 0.05) is 23.7 Å². The first-order chi connectivity index (χ1) is 11.9. The van der Waals surface area contributed by atoms with E-state index in [0.29, 0.717) is 16.8 Å². The Kier molecular flexibility index (Phi) is 4.49. The van der Waals surface area contributed by atoms with E-state index in [1.807, 2.05) is 6.07 Å². The van der Waals surface area contributed by atoms with Crippen molar-refractivity contribution in [1.82, 2.24) is 15.1 Å². The summed E-state index contributed by atoms with van der Waals surface area (Å²) in [4.78, 5) is 12.0. The highest BCUT2D eigenvalue weighted by atomic mass is 19.4. The topological polar surface area (TPSA) is 70.7 Å². The van der Waals surface area contributed by atoms with Crippen molar-refractivity contribution in [2.75, 3.05) is 6.54 Å². The number of aromatic nitrogens is 2. The van der Waals surface area contributed by atoms with Crippen LogP contribution in [-0.4, -0.2) is 22.2 Å². The van der Waals surface area contributed by atoms with Crippen molar-refractivity contribution in [3.63, 3.8) is 0 Å². The quantitative estimate of drug-likeness (QED) is 0.903. The summed E-state index contributed by atoms with van der Waals surface area (Å²) < 4.78 is 39.8. The first kappa shape index (κ1) is 17.0. The molecule has 1 N–H and O–H groups in total. The van der Waals surface area contributed by atoms with Crippen LogP contribution >= 0.6 is 0 Å².